The molecule has 156 valence electrons. The fourth-order valence-electron chi connectivity index (χ4n) is 3.88. The Kier molecular flexibility index (Phi) is 4.22. The largest absolute Gasteiger partial charge is 0.493 e. The molecule has 1 aliphatic carbocycles. The fraction of sp³-hybridized carbons (Fsp3) is 0.304. The Balaban J connectivity index is 1.25. The SMILES string of the molecule is COc1cc(Cc2ncc3[nH]cnc3n2)cc2c1OC(c1ccc(C3CC3)nc1)CO2. The zero-order chi connectivity index (χ0) is 20.8. The maximum absolute atomic E-state index is 6.27. The number of H-pyrrole nitrogens is 1. The van der Waals surface area contributed by atoms with Gasteiger partial charge in [-0.15, -0.1) is 0 Å². The van der Waals surface area contributed by atoms with Gasteiger partial charge in [0.2, 0.25) is 5.75 Å². The summed E-state index contributed by atoms with van der Waals surface area (Å²) in [5.74, 6) is 3.21. The van der Waals surface area contributed by atoms with Crippen LogP contribution in [0, 0.1) is 0 Å². The average Bonchev–Trinajstić information content (AvgIpc) is 3.56. The minimum atomic E-state index is -0.224. The highest BCUT2D eigenvalue weighted by atomic mass is 16.6. The molecule has 0 saturated heterocycles. The first-order valence-electron chi connectivity index (χ1n) is 10.4. The summed E-state index contributed by atoms with van der Waals surface area (Å²) in [5.41, 5.74) is 4.61. The van der Waals surface area contributed by atoms with Crippen molar-refractivity contribution in [3.63, 3.8) is 0 Å². The van der Waals surface area contributed by atoms with Crippen molar-refractivity contribution in [2.45, 2.75) is 31.3 Å². The second kappa shape index (κ2) is 7.23. The van der Waals surface area contributed by atoms with Gasteiger partial charge in [-0.05, 0) is 36.6 Å². The topological polar surface area (TPSA) is 95.0 Å². The van der Waals surface area contributed by atoms with E-state index in [2.05, 4.69) is 37.1 Å². The molecule has 1 aromatic carbocycles. The van der Waals surface area contributed by atoms with E-state index in [0.717, 1.165) is 16.6 Å². The van der Waals surface area contributed by atoms with Gasteiger partial charge in [-0.3, -0.25) is 4.98 Å². The summed E-state index contributed by atoms with van der Waals surface area (Å²) in [4.78, 5) is 20.7. The van der Waals surface area contributed by atoms with E-state index < -0.39 is 0 Å². The monoisotopic (exact) mass is 415 g/mol. The molecule has 1 saturated carbocycles. The third-order valence-corrected chi connectivity index (χ3v) is 5.72. The standard InChI is InChI=1S/C23H21N5O3/c1-29-18-6-13(8-21-25-10-17-23(28-21)27-12-26-17)7-19-22(18)31-20(11-30-19)15-4-5-16(24-9-15)14-2-3-14/h4-7,9-10,12,14,20H,2-3,8,11H2,1H3,(H,25,26,27,28). The third kappa shape index (κ3) is 3.43. The Morgan fingerprint density at radius 2 is 2.06 bits per heavy atom. The predicted molar refractivity (Wildman–Crippen MR) is 113 cm³/mol. The molecular formula is C23H21N5O3. The Morgan fingerprint density at radius 3 is 2.87 bits per heavy atom. The van der Waals surface area contributed by atoms with E-state index >= 15 is 0 Å². The van der Waals surface area contributed by atoms with Gasteiger partial charge >= 0.3 is 0 Å². The maximum Gasteiger partial charge on any atom is 0.204 e. The number of fused-ring (bicyclic) bond motifs is 2. The minimum absolute atomic E-state index is 0.224. The van der Waals surface area contributed by atoms with Crippen LogP contribution in [-0.2, 0) is 6.42 Å². The molecule has 8 nitrogen and oxygen atoms in total. The van der Waals surface area contributed by atoms with Crippen LogP contribution in [0.25, 0.3) is 11.2 Å². The summed E-state index contributed by atoms with van der Waals surface area (Å²) in [6.07, 6.45) is 8.04. The number of aromatic nitrogens is 5. The quantitative estimate of drug-likeness (QED) is 0.530. The lowest BCUT2D eigenvalue weighted by Crippen LogP contribution is -2.22. The van der Waals surface area contributed by atoms with Crippen molar-refractivity contribution in [3.05, 3.63) is 65.6 Å². The molecule has 0 amide bonds. The maximum atomic E-state index is 6.27. The number of hydrogen-bond donors (Lipinski definition) is 1. The number of ether oxygens (including phenoxy) is 3. The molecular weight excluding hydrogens is 394 g/mol. The Hall–Kier alpha value is -3.68. The van der Waals surface area contributed by atoms with Gasteiger partial charge in [0.25, 0.3) is 0 Å². The molecule has 3 aromatic heterocycles. The van der Waals surface area contributed by atoms with Crippen LogP contribution in [0.5, 0.6) is 17.2 Å². The van der Waals surface area contributed by atoms with Crippen molar-refractivity contribution >= 4 is 11.2 Å². The van der Waals surface area contributed by atoms with Crippen LogP contribution in [0.4, 0.5) is 0 Å². The van der Waals surface area contributed by atoms with E-state index in [9.17, 15) is 0 Å². The van der Waals surface area contributed by atoms with Crippen LogP contribution in [0.3, 0.4) is 0 Å². The summed E-state index contributed by atoms with van der Waals surface area (Å²) >= 11 is 0. The summed E-state index contributed by atoms with van der Waals surface area (Å²) < 4.78 is 18.0. The molecule has 1 N–H and O–H groups in total. The van der Waals surface area contributed by atoms with Crippen molar-refractivity contribution in [2.75, 3.05) is 13.7 Å². The average molecular weight is 415 g/mol. The number of pyridine rings is 1. The lowest BCUT2D eigenvalue weighted by molar-refractivity contribution is 0.0867. The molecule has 0 bridgehead atoms. The fourth-order valence-corrected chi connectivity index (χ4v) is 3.88. The van der Waals surface area contributed by atoms with Gasteiger partial charge in [-0.1, -0.05) is 6.07 Å². The van der Waals surface area contributed by atoms with Crippen molar-refractivity contribution in [1.82, 2.24) is 24.9 Å². The number of rotatable bonds is 5. The van der Waals surface area contributed by atoms with Gasteiger partial charge in [-0.25, -0.2) is 15.0 Å². The smallest absolute Gasteiger partial charge is 0.204 e. The van der Waals surface area contributed by atoms with E-state index in [0.29, 0.717) is 47.7 Å². The molecule has 1 aliphatic heterocycles. The van der Waals surface area contributed by atoms with E-state index in [1.165, 1.54) is 18.5 Å². The molecule has 1 unspecified atom stereocenters. The zero-order valence-electron chi connectivity index (χ0n) is 17.0. The van der Waals surface area contributed by atoms with Crippen LogP contribution < -0.4 is 14.2 Å². The second-order valence-electron chi connectivity index (χ2n) is 7.94. The number of nitrogens with zero attached hydrogens (tertiary/aromatic N) is 4. The number of hydrogen-bond acceptors (Lipinski definition) is 7. The molecule has 4 aromatic rings. The van der Waals surface area contributed by atoms with Crippen LogP contribution in [-0.4, -0.2) is 38.6 Å². The molecule has 8 heteroatoms. The van der Waals surface area contributed by atoms with Crippen LogP contribution in [0.1, 0.15) is 47.5 Å². The molecule has 0 spiro atoms. The molecule has 4 heterocycles. The number of aromatic amines is 1. The van der Waals surface area contributed by atoms with Crippen LogP contribution in [0.15, 0.2) is 43.0 Å². The molecule has 6 rings (SSSR count). The summed E-state index contributed by atoms with van der Waals surface area (Å²) in [6.45, 7) is 0.416. The van der Waals surface area contributed by atoms with Crippen molar-refractivity contribution in [2.24, 2.45) is 0 Å². The Labute approximate surface area is 178 Å². The lowest BCUT2D eigenvalue weighted by atomic mass is 10.1. The lowest BCUT2D eigenvalue weighted by Gasteiger charge is -2.28. The van der Waals surface area contributed by atoms with Gasteiger partial charge < -0.3 is 19.2 Å². The molecule has 1 atom stereocenters. The van der Waals surface area contributed by atoms with Crippen molar-refractivity contribution in [3.8, 4) is 17.2 Å². The van der Waals surface area contributed by atoms with Crippen molar-refractivity contribution in [1.29, 1.82) is 0 Å². The van der Waals surface area contributed by atoms with E-state index in [4.69, 9.17) is 14.2 Å². The predicted octanol–water partition coefficient (Wildman–Crippen LogP) is 3.74. The summed E-state index contributed by atoms with van der Waals surface area (Å²) in [5, 5.41) is 0. The first kappa shape index (κ1) is 18.1. The van der Waals surface area contributed by atoms with E-state index in [-0.39, 0.29) is 6.10 Å². The van der Waals surface area contributed by atoms with E-state index in [1.54, 1.807) is 19.6 Å². The van der Waals surface area contributed by atoms with Crippen molar-refractivity contribution < 1.29 is 14.2 Å². The number of methoxy groups -OCH3 is 1. The van der Waals surface area contributed by atoms with Gasteiger partial charge in [0.1, 0.15) is 17.9 Å². The summed E-state index contributed by atoms with van der Waals surface area (Å²) in [6, 6.07) is 8.09. The molecule has 1 fully saturated rings. The number of benzene rings is 1. The van der Waals surface area contributed by atoms with Gasteiger partial charge in [0, 0.05) is 29.8 Å². The number of imidazole rings is 1. The van der Waals surface area contributed by atoms with E-state index in [1.807, 2.05) is 18.3 Å². The minimum Gasteiger partial charge on any atom is -0.493 e. The number of nitrogens with one attached hydrogen (secondary N) is 1. The Morgan fingerprint density at radius 1 is 1.13 bits per heavy atom. The highest BCUT2D eigenvalue weighted by Gasteiger charge is 2.28. The Bertz CT molecular complexity index is 1230. The first-order valence-corrected chi connectivity index (χ1v) is 10.4. The molecule has 2 aliphatic rings. The van der Waals surface area contributed by atoms with Crippen LogP contribution in [0.2, 0.25) is 0 Å². The van der Waals surface area contributed by atoms with Gasteiger partial charge in [0.15, 0.2) is 23.3 Å². The van der Waals surface area contributed by atoms with Gasteiger partial charge in [0.05, 0.1) is 19.6 Å². The third-order valence-electron chi connectivity index (χ3n) is 5.72. The highest BCUT2D eigenvalue weighted by Crippen LogP contribution is 2.45. The molecule has 31 heavy (non-hydrogen) atoms. The molecule has 0 radical (unpaired) electrons. The van der Waals surface area contributed by atoms with Crippen LogP contribution >= 0.6 is 0 Å². The summed E-state index contributed by atoms with van der Waals surface area (Å²) in [7, 11) is 1.63. The first-order chi connectivity index (χ1) is 15.3. The highest BCUT2D eigenvalue weighted by molar-refractivity contribution is 5.68. The zero-order valence-corrected chi connectivity index (χ0v) is 17.0. The van der Waals surface area contributed by atoms with Gasteiger partial charge in [-0.2, -0.15) is 0 Å². The second-order valence-corrected chi connectivity index (χ2v) is 7.94. The normalized spacial score (nSPS) is 17.6.